The van der Waals surface area contributed by atoms with Gasteiger partial charge in [-0.25, -0.2) is 0 Å². The quantitative estimate of drug-likeness (QED) is 0.621. The summed E-state index contributed by atoms with van der Waals surface area (Å²) in [5.41, 5.74) is -0.535. The van der Waals surface area contributed by atoms with E-state index < -0.39 is 5.54 Å². The van der Waals surface area contributed by atoms with Crippen LogP contribution < -0.4 is 5.32 Å². The summed E-state index contributed by atoms with van der Waals surface area (Å²) in [4.78, 5) is 12.0. The van der Waals surface area contributed by atoms with Crippen LogP contribution in [0.1, 0.15) is 53.9 Å². The molecular formula is C14H29NO2S. The van der Waals surface area contributed by atoms with Crippen LogP contribution in [0.5, 0.6) is 0 Å². The van der Waals surface area contributed by atoms with Crippen LogP contribution in [0.4, 0.5) is 0 Å². The van der Waals surface area contributed by atoms with Gasteiger partial charge in [-0.05, 0) is 45.4 Å². The van der Waals surface area contributed by atoms with E-state index in [9.17, 15) is 4.79 Å². The molecule has 2 atom stereocenters. The largest absolute Gasteiger partial charge is 0.465 e. The lowest BCUT2D eigenvalue weighted by molar-refractivity contribution is -0.150. The molecule has 0 aromatic rings. The van der Waals surface area contributed by atoms with Gasteiger partial charge in [0, 0.05) is 5.25 Å². The van der Waals surface area contributed by atoms with Gasteiger partial charge < -0.3 is 10.1 Å². The summed E-state index contributed by atoms with van der Waals surface area (Å²) in [5, 5.41) is 3.99. The van der Waals surface area contributed by atoms with Gasteiger partial charge in [-0.2, -0.15) is 11.8 Å². The van der Waals surface area contributed by atoms with Crippen LogP contribution in [0.25, 0.3) is 0 Å². The van der Waals surface area contributed by atoms with Crippen molar-refractivity contribution in [1.82, 2.24) is 5.32 Å². The molecule has 0 radical (unpaired) electrons. The van der Waals surface area contributed by atoms with Gasteiger partial charge in [0.1, 0.15) is 5.54 Å². The molecule has 108 valence electrons. The molecule has 0 amide bonds. The summed E-state index contributed by atoms with van der Waals surface area (Å²) in [7, 11) is 0. The van der Waals surface area contributed by atoms with E-state index in [2.05, 4.69) is 26.1 Å². The van der Waals surface area contributed by atoms with E-state index in [-0.39, 0.29) is 5.97 Å². The molecule has 0 fully saturated rings. The molecule has 0 aliphatic carbocycles. The predicted octanol–water partition coefficient (Wildman–Crippen LogP) is 3.23. The Morgan fingerprint density at radius 1 is 1.39 bits per heavy atom. The van der Waals surface area contributed by atoms with Crippen LogP contribution in [0.3, 0.4) is 0 Å². The molecule has 18 heavy (non-hydrogen) atoms. The van der Waals surface area contributed by atoms with Gasteiger partial charge in [0.2, 0.25) is 0 Å². The van der Waals surface area contributed by atoms with E-state index in [4.69, 9.17) is 4.74 Å². The second-order valence-corrected chi connectivity index (χ2v) is 6.37. The minimum Gasteiger partial charge on any atom is -0.465 e. The maximum atomic E-state index is 12.0. The van der Waals surface area contributed by atoms with Crippen molar-refractivity contribution >= 4 is 17.7 Å². The third-order valence-corrected chi connectivity index (χ3v) is 4.41. The zero-order chi connectivity index (χ0) is 14.0. The molecular weight excluding hydrogens is 246 g/mol. The average Bonchev–Trinajstić information content (AvgIpc) is 2.36. The summed E-state index contributed by atoms with van der Waals surface area (Å²) in [5.74, 6) is 0.865. The second kappa shape index (κ2) is 9.68. The molecule has 0 heterocycles. The van der Waals surface area contributed by atoms with Gasteiger partial charge in [0.15, 0.2) is 0 Å². The fourth-order valence-electron chi connectivity index (χ4n) is 1.54. The summed E-state index contributed by atoms with van der Waals surface area (Å²) in [6, 6.07) is 0. The van der Waals surface area contributed by atoms with E-state index in [1.807, 2.05) is 25.6 Å². The first-order valence-electron chi connectivity index (χ1n) is 7.04. The van der Waals surface area contributed by atoms with Gasteiger partial charge in [0.05, 0.1) is 6.61 Å². The smallest absolute Gasteiger partial charge is 0.326 e. The van der Waals surface area contributed by atoms with Gasteiger partial charge in [-0.1, -0.05) is 20.8 Å². The fraction of sp³-hybridized carbons (Fsp3) is 0.929. The molecule has 1 N–H and O–H groups in total. The van der Waals surface area contributed by atoms with Gasteiger partial charge in [0.25, 0.3) is 0 Å². The maximum absolute atomic E-state index is 12.0. The Labute approximate surface area is 116 Å². The van der Waals surface area contributed by atoms with E-state index in [0.717, 1.165) is 25.1 Å². The van der Waals surface area contributed by atoms with E-state index in [1.165, 1.54) is 6.42 Å². The molecule has 0 rings (SSSR count). The Morgan fingerprint density at radius 2 is 2.06 bits per heavy atom. The van der Waals surface area contributed by atoms with Gasteiger partial charge in [-0.3, -0.25) is 4.79 Å². The molecule has 0 saturated heterocycles. The molecule has 0 aromatic heterocycles. The monoisotopic (exact) mass is 275 g/mol. The van der Waals surface area contributed by atoms with E-state index in [1.54, 1.807) is 0 Å². The lowest BCUT2D eigenvalue weighted by Gasteiger charge is -2.28. The van der Waals surface area contributed by atoms with Crippen LogP contribution in [0.15, 0.2) is 0 Å². The van der Waals surface area contributed by atoms with Crippen LogP contribution in [-0.4, -0.2) is 35.7 Å². The minimum atomic E-state index is -0.535. The third kappa shape index (κ3) is 6.64. The molecule has 0 saturated carbocycles. The Kier molecular flexibility index (Phi) is 9.56. The average molecular weight is 275 g/mol. The van der Waals surface area contributed by atoms with Crippen molar-refractivity contribution in [2.45, 2.75) is 64.7 Å². The summed E-state index contributed by atoms with van der Waals surface area (Å²) >= 11 is 1.92. The van der Waals surface area contributed by atoms with Crippen molar-refractivity contribution < 1.29 is 9.53 Å². The molecule has 3 nitrogen and oxygen atoms in total. The SMILES string of the molecule is CCCNC(C)(CCSC(C)CC)C(=O)OCC. The summed E-state index contributed by atoms with van der Waals surface area (Å²) < 4.78 is 5.18. The number of ether oxygens (including phenoxy) is 1. The second-order valence-electron chi connectivity index (χ2n) is 4.82. The molecule has 0 aliphatic heterocycles. The van der Waals surface area contributed by atoms with Crippen LogP contribution in [-0.2, 0) is 9.53 Å². The standard InChI is InChI=1S/C14H29NO2S/c1-6-10-15-14(5,13(16)17-8-3)9-11-18-12(4)7-2/h12,15H,6-11H2,1-5H3. The number of carbonyl (C=O) groups is 1. The highest BCUT2D eigenvalue weighted by Gasteiger charge is 2.33. The molecule has 0 aliphatic rings. The number of nitrogens with one attached hydrogen (secondary N) is 1. The number of hydrogen-bond donors (Lipinski definition) is 1. The van der Waals surface area contributed by atoms with E-state index in [0.29, 0.717) is 11.9 Å². The van der Waals surface area contributed by atoms with Crippen molar-refractivity contribution in [3.63, 3.8) is 0 Å². The first-order chi connectivity index (χ1) is 8.50. The molecule has 2 unspecified atom stereocenters. The van der Waals surface area contributed by atoms with E-state index >= 15 is 0 Å². The van der Waals surface area contributed by atoms with Gasteiger partial charge >= 0.3 is 5.97 Å². The zero-order valence-corrected chi connectivity index (χ0v) is 13.4. The predicted molar refractivity (Wildman–Crippen MR) is 80.2 cm³/mol. The number of carbonyl (C=O) groups excluding carboxylic acids is 1. The number of hydrogen-bond acceptors (Lipinski definition) is 4. The van der Waals surface area contributed by atoms with Crippen molar-refractivity contribution in [2.24, 2.45) is 0 Å². The Morgan fingerprint density at radius 3 is 2.56 bits per heavy atom. The maximum Gasteiger partial charge on any atom is 0.326 e. The van der Waals surface area contributed by atoms with Crippen molar-refractivity contribution in [2.75, 3.05) is 18.9 Å². The number of rotatable bonds is 10. The highest BCUT2D eigenvalue weighted by atomic mass is 32.2. The first kappa shape index (κ1) is 17.8. The van der Waals surface area contributed by atoms with Crippen LogP contribution >= 0.6 is 11.8 Å². The lowest BCUT2D eigenvalue weighted by Crippen LogP contribution is -2.51. The Hall–Kier alpha value is -0.220. The first-order valence-corrected chi connectivity index (χ1v) is 8.08. The number of esters is 1. The highest BCUT2D eigenvalue weighted by Crippen LogP contribution is 2.20. The topological polar surface area (TPSA) is 38.3 Å². The molecule has 0 aromatic carbocycles. The van der Waals surface area contributed by atoms with Crippen molar-refractivity contribution in [3.05, 3.63) is 0 Å². The van der Waals surface area contributed by atoms with Crippen molar-refractivity contribution in [3.8, 4) is 0 Å². The fourth-order valence-corrected chi connectivity index (χ4v) is 2.70. The Balaban J connectivity index is 4.32. The van der Waals surface area contributed by atoms with Crippen LogP contribution in [0.2, 0.25) is 0 Å². The van der Waals surface area contributed by atoms with Gasteiger partial charge in [-0.15, -0.1) is 0 Å². The third-order valence-electron chi connectivity index (χ3n) is 3.07. The lowest BCUT2D eigenvalue weighted by atomic mass is 9.99. The normalized spacial score (nSPS) is 16.1. The summed E-state index contributed by atoms with van der Waals surface area (Å²) in [6.45, 7) is 11.6. The highest BCUT2D eigenvalue weighted by molar-refractivity contribution is 7.99. The molecule has 0 bridgehead atoms. The Bertz CT molecular complexity index is 236. The summed E-state index contributed by atoms with van der Waals surface area (Å²) in [6.07, 6.45) is 3.01. The molecule has 4 heteroatoms. The van der Waals surface area contributed by atoms with Crippen molar-refractivity contribution in [1.29, 1.82) is 0 Å². The zero-order valence-electron chi connectivity index (χ0n) is 12.5. The van der Waals surface area contributed by atoms with Crippen LogP contribution in [0, 0.1) is 0 Å². The molecule has 0 spiro atoms. The number of thioether (sulfide) groups is 1. The minimum absolute atomic E-state index is 0.122.